The van der Waals surface area contributed by atoms with E-state index in [1.807, 2.05) is 12.1 Å². The number of pyridine rings is 1. The molecule has 2 aliphatic rings. The van der Waals surface area contributed by atoms with E-state index in [0.717, 1.165) is 18.2 Å². The molecule has 0 aliphatic heterocycles. The van der Waals surface area contributed by atoms with Crippen LogP contribution in [0.5, 0.6) is 5.88 Å². The minimum atomic E-state index is 0.635. The van der Waals surface area contributed by atoms with Crippen molar-refractivity contribution in [2.24, 2.45) is 11.3 Å². The number of anilines is 1. The molecular weight excluding hydrogens is 200 g/mol. The molecule has 0 saturated heterocycles. The first kappa shape index (κ1) is 9.94. The molecule has 1 aromatic rings. The van der Waals surface area contributed by atoms with Crippen molar-refractivity contribution in [2.45, 2.75) is 25.7 Å². The summed E-state index contributed by atoms with van der Waals surface area (Å²) in [6, 6.07) is 3.97. The summed E-state index contributed by atoms with van der Waals surface area (Å²) in [5.41, 5.74) is 1.76. The van der Waals surface area contributed by atoms with Crippen LogP contribution in [0.25, 0.3) is 0 Å². The van der Waals surface area contributed by atoms with Crippen LogP contribution in [-0.4, -0.2) is 18.6 Å². The van der Waals surface area contributed by atoms with E-state index in [2.05, 4.69) is 10.3 Å². The van der Waals surface area contributed by atoms with Crippen LogP contribution >= 0.6 is 0 Å². The van der Waals surface area contributed by atoms with Crippen LogP contribution in [0.3, 0.4) is 0 Å². The zero-order valence-electron chi connectivity index (χ0n) is 9.70. The van der Waals surface area contributed by atoms with Gasteiger partial charge in [-0.3, -0.25) is 0 Å². The maximum Gasteiger partial charge on any atom is 0.214 e. The SMILES string of the molecule is COc1cc(NCC2(C3CC3)CC2)ccn1. The average Bonchev–Trinajstić information content (AvgIpc) is 3.17. The van der Waals surface area contributed by atoms with Gasteiger partial charge in [0.25, 0.3) is 0 Å². The smallest absolute Gasteiger partial charge is 0.214 e. The fourth-order valence-corrected chi connectivity index (χ4v) is 2.49. The van der Waals surface area contributed by atoms with Crippen LogP contribution < -0.4 is 10.1 Å². The van der Waals surface area contributed by atoms with Crippen LogP contribution in [0.1, 0.15) is 25.7 Å². The fraction of sp³-hybridized carbons (Fsp3) is 0.615. The maximum absolute atomic E-state index is 5.11. The monoisotopic (exact) mass is 218 g/mol. The molecular formula is C13H18N2O. The van der Waals surface area contributed by atoms with E-state index in [1.54, 1.807) is 13.3 Å². The molecule has 3 heteroatoms. The van der Waals surface area contributed by atoms with Gasteiger partial charge in [0, 0.05) is 24.5 Å². The number of rotatable bonds is 5. The summed E-state index contributed by atoms with van der Waals surface area (Å²) in [6.45, 7) is 1.12. The van der Waals surface area contributed by atoms with Gasteiger partial charge < -0.3 is 10.1 Å². The molecule has 3 nitrogen and oxygen atoms in total. The van der Waals surface area contributed by atoms with E-state index in [4.69, 9.17) is 4.74 Å². The van der Waals surface area contributed by atoms with Gasteiger partial charge in [-0.15, -0.1) is 0 Å². The van der Waals surface area contributed by atoms with Gasteiger partial charge in [0.2, 0.25) is 5.88 Å². The Kier molecular flexibility index (Phi) is 2.27. The minimum absolute atomic E-state index is 0.635. The molecule has 2 aliphatic carbocycles. The van der Waals surface area contributed by atoms with E-state index in [0.29, 0.717) is 11.3 Å². The number of methoxy groups -OCH3 is 1. The number of hydrogen-bond acceptors (Lipinski definition) is 3. The second-order valence-electron chi connectivity index (χ2n) is 5.08. The Labute approximate surface area is 96.2 Å². The molecule has 2 fully saturated rings. The second kappa shape index (κ2) is 3.65. The van der Waals surface area contributed by atoms with Crippen molar-refractivity contribution in [2.75, 3.05) is 19.0 Å². The zero-order chi connectivity index (χ0) is 11.0. The van der Waals surface area contributed by atoms with Crippen molar-refractivity contribution >= 4 is 5.69 Å². The molecule has 1 N–H and O–H groups in total. The first-order valence-electron chi connectivity index (χ1n) is 6.06. The van der Waals surface area contributed by atoms with Crippen molar-refractivity contribution < 1.29 is 4.74 Å². The normalized spacial score (nSPS) is 21.6. The molecule has 86 valence electrons. The van der Waals surface area contributed by atoms with Crippen molar-refractivity contribution in [3.8, 4) is 5.88 Å². The molecule has 0 radical (unpaired) electrons. The third kappa shape index (κ3) is 1.86. The molecule has 0 unspecified atom stereocenters. The van der Waals surface area contributed by atoms with Gasteiger partial charge in [0.05, 0.1) is 7.11 Å². The van der Waals surface area contributed by atoms with Crippen molar-refractivity contribution in [3.05, 3.63) is 18.3 Å². The Morgan fingerprint density at radius 3 is 2.94 bits per heavy atom. The molecule has 0 atom stereocenters. The van der Waals surface area contributed by atoms with Crippen LogP contribution in [-0.2, 0) is 0 Å². The fourth-order valence-electron chi connectivity index (χ4n) is 2.49. The van der Waals surface area contributed by atoms with Crippen LogP contribution in [0, 0.1) is 11.3 Å². The van der Waals surface area contributed by atoms with Gasteiger partial charge in [-0.1, -0.05) is 0 Å². The van der Waals surface area contributed by atoms with Gasteiger partial charge in [-0.25, -0.2) is 4.98 Å². The van der Waals surface area contributed by atoms with Gasteiger partial charge in [0.1, 0.15) is 0 Å². The first-order valence-corrected chi connectivity index (χ1v) is 6.06. The molecule has 3 rings (SSSR count). The van der Waals surface area contributed by atoms with Crippen molar-refractivity contribution in [3.63, 3.8) is 0 Å². The lowest BCUT2D eigenvalue weighted by Crippen LogP contribution is -2.17. The first-order chi connectivity index (χ1) is 7.82. The summed E-state index contributed by atoms with van der Waals surface area (Å²) in [7, 11) is 1.65. The van der Waals surface area contributed by atoms with Gasteiger partial charge in [-0.2, -0.15) is 0 Å². The minimum Gasteiger partial charge on any atom is -0.481 e. The lowest BCUT2D eigenvalue weighted by atomic mass is 10.0. The Morgan fingerprint density at radius 2 is 2.31 bits per heavy atom. The highest BCUT2D eigenvalue weighted by Gasteiger charge is 2.53. The zero-order valence-corrected chi connectivity index (χ0v) is 9.70. The lowest BCUT2D eigenvalue weighted by molar-refractivity contribution is 0.398. The number of aromatic nitrogens is 1. The van der Waals surface area contributed by atoms with Crippen LogP contribution in [0.4, 0.5) is 5.69 Å². The summed E-state index contributed by atoms with van der Waals surface area (Å²) >= 11 is 0. The summed E-state index contributed by atoms with van der Waals surface area (Å²) in [5.74, 6) is 1.69. The summed E-state index contributed by atoms with van der Waals surface area (Å²) in [4.78, 5) is 4.10. The quantitative estimate of drug-likeness (QED) is 0.825. The van der Waals surface area contributed by atoms with Gasteiger partial charge >= 0.3 is 0 Å². The summed E-state index contributed by atoms with van der Waals surface area (Å²) in [5, 5.41) is 3.52. The van der Waals surface area contributed by atoms with Gasteiger partial charge in [-0.05, 0) is 43.1 Å². The molecule has 0 aromatic carbocycles. The Morgan fingerprint density at radius 1 is 1.50 bits per heavy atom. The Balaban J connectivity index is 1.61. The van der Waals surface area contributed by atoms with E-state index >= 15 is 0 Å². The predicted octanol–water partition coefficient (Wildman–Crippen LogP) is 2.69. The van der Waals surface area contributed by atoms with E-state index in [-0.39, 0.29) is 0 Å². The number of nitrogens with one attached hydrogen (secondary N) is 1. The highest BCUT2D eigenvalue weighted by Crippen LogP contribution is 2.61. The third-order valence-corrected chi connectivity index (χ3v) is 3.92. The average molecular weight is 218 g/mol. The topological polar surface area (TPSA) is 34.1 Å². The van der Waals surface area contributed by atoms with Gasteiger partial charge in [0.15, 0.2) is 0 Å². The van der Waals surface area contributed by atoms with Crippen LogP contribution in [0.2, 0.25) is 0 Å². The molecule has 0 spiro atoms. The molecule has 2 saturated carbocycles. The Hall–Kier alpha value is -1.25. The van der Waals surface area contributed by atoms with Crippen molar-refractivity contribution in [1.29, 1.82) is 0 Å². The molecule has 16 heavy (non-hydrogen) atoms. The Bertz CT molecular complexity index is 383. The van der Waals surface area contributed by atoms with E-state index in [1.165, 1.54) is 25.7 Å². The predicted molar refractivity (Wildman–Crippen MR) is 63.7 cm³/mol. The third-order valence-electron chi connectivity index (χ3n) is 3.92. The maximum atomic E-state index is 5.11. The number of hydrogen-bond donors (Lipinski definition) is 1. The molecule has 1 heterocycles. The highest BCUT2D eigenvalue weighted by atomic mass is 16.5. The number of ether oxygens (including phenoxy) is 1. The van der Waals surface area contributed by atoms with E-state index < -0.39 is 0 Å². The lowest BCUT2D eigenvalue weighted by Gasteiger charge is -2.16. The summed E-state index contributed by atoms with van der Waals surface area (Å²) in [6.07, 6.45) is 7.50. The second-order valence-corrected chi connectivity index (χ2v) is 5.08. The van der Waals surface area contributed by atoms with Crippen LogP contribution in [0.15, 0.2) is 18.3 Å². The molecule has 1 aromatic heterocycles. The molecule has 0 bridgehead atoms. The highest BCUT2D eigenvalue weighted by molar-refractivity contribution is 5.45. The van der Waals surface area contributed by atoms with Crippen molar-refractivity contribution in [1.82, 2.24) is 4.98 Å². The van der Waals surface area contributed by atoms with E-state index in [9.17, 15) is 0 Å². The largest absolute Gasteiger partial charge is 0.481 e. The summed E-state index contributed by atoms with van der Waals surface area (Å²) < 4.78 is 5.11. The molecule has 0 amide bonds. The number of nitrogens with zero attached hydrogens (tertiary/aromatic N) is 1. The standard InChI is InChI=1S/C13H18N2O/c1-16-12-8-11(4-7-14-12)15-9-13(5-6-13)10-2-3-10/h4,7-8,10H,2-3,5-6,9H2,1H3,(H,14,15).